The van der Waals surface area contributed by atoms with E-state index < -0.39 is 5.97 Å². The zero-order valence-electron chi connectivity index (χ0n) is 11.8. The van der Waals surface area contributed by atoms with E-state index >= 15 is 0 Å². The molecule has 2 aromatic rings. The quantitative estimate of drug-likeness (QED) is 0.937. The average Bonchev–Trinajstić information content (AvgIpc) is 2.83. The number of Topliss-reactive ketones (excluding diaryl/α,β-unsaturated/α-hetero) is 1. The number of rotatable bonds is 3. The van der Waals surface area contributed by atoms with E-state index in [1.165, 1.54) is 5.56 Å². The Kier molecular flexibility index (Phi) is 3.34. The van der Waals surface area contributed by atoms with Crippen molar-refractivity contribution < 1.29 is 14.7 Å². The van der Waals surface area contributed by atoms with E-state index in [-0.39, 0.29) is 12.2 Å². The molecule has 0 atom stereocenters. The van der Waals surface area contributed by atoms with Crippen LogP contribution in [0.4, 0.5) is 0 Å². The Hall–Kier alpha value is -2.42. The molecule has 106 valence electrons. The Morgan fingerprint density at radius 2 is 1.81 bits per heavy atom. The third-order valence-electron chi connectivity index (χ3n) is 4.05. The van der Waals surface area contributed by atoms with Gasteiger partial charge in [-0.15, -0.1) is 0 Å². The zero-order valence-corrected chi connectivity index (χ0v) is 11.8. The maximum atomic E-state index is 12.1. The average molecular weight is 280 g/mol. The molecule has 0 spiro atoms. The molecule has 3 rings (SSSR count). The summed E-state index contributed by atoms with van der Waals surface area (Å²) >= 11 is 0. The molecule has 0 aromatic heterocycles. The Balaban J connectivity index is 2.04. The normalized spacial score (nSPS) is 13.3. The molecule has 1 N–H and O–H groups in total. The van der Waals surface area contributed by atoms with Crippen LogP contribution in [0.1, 0.15) is 33.5 Å². The van der Waals surface area contributed by atoms with Crippen LogP contribution in [0.3, 0.4) is 0 Å². The Morgan fingerprint density at radius 3 is 2.48 bits per heavy atom. The Morgan fingerprint density at radius 1 is 1.10 bits per heavy atom. The fraction of sp³-hybridized carbons (Fsp3) is 0.222. The third kappa shape index (κ3) is 2.47. The molecule has 0 unspecified atom stereocenters. The molecular formula is C18H16O3. The first kappa shape index (κ1) is 13.6. The predicted molar refractivity (Wildman–Crippen MR) is 80.6 cm³/mol. The molecule has 0 radical (unpaired) electrons. The molecule has 1 aliphatic carbocycles. The van der Waals surface area contributed by atoms with Crippen LogP contribution >= 0.6 is 0 Å². The summed E-state index contributed by atoms with van der Waals surface area (Å²) in [5.74, 6) is -0.632. The van der Waals surface area contributed by atoms with Gasteiger partial charge in [0.25, 0.3) is 0 Å². The first-order valence-electron chi connectivity index (χ1n) is 7.03. The topological polar surface area (TPSA) is 54.4 Å². The highest BCUT2D eigenvalue weighted by atomic mass is 16.4. The summed E-state index contributed by atoms with van der Waals surface area (Å²) in [6.45, 7) is 2.04. The number of benzene rings is 2. The number of ketones is 1. The van der Waals surface area contributed by atoms with E-state index in [0.29, 0.717) is 6.42 Å². The fourth-order valence-corrected chi connectivity index (χ4v) is 2.97. The summed E-state index contributed by atoms with van der Waals surface area (Å²) in [4.78, 5) is 22.9. The van der Waals surface area contributed by atoms with E-state index in [9.17, 15) is 9.59 Å². The fourth-order valence-electron chi connectivity index (χ4n) is 2.97. The van der Waals surface area contributed by atoms with Gasteiger partial charge in [0.05, 0.1) is 6.42 Å². The SMILES string of the molecule is Cc1ccc(-c2ccc(CC(=O)O)cc2)c2c1CCC2=O. The van der Waals surface area contributed by atoms with E-state index in [1.54, 1.807) is 0 Å². The van der Waals surface area contributed by atoms with Crippen molar-refractivity contribution in [3.05, 3.63) is 58.7 Å². The molecule has 0 saturated heterocycles. The Bertz CT molecular complexity index is 727. The number of carbonyl (C=O) groups excluding carboxylic acids is 1. The van der Waals surface area contributed by atoms with Crippen molar-refractivity contribution in [2.24, 2.45) is 0 Å². The van der Waals surface area contributed by atoms with Crippen molar-refractivity contribution in [1.82, 2.24) is 0 Å². The summed E-state index contributed by atoms with van der Waals surface area (Å²) in [7, 11) is 0. The highest BCUT2D eigenvalue weighted by molar-refractivity contribution is 6.06. The van der Waals surface area contributed by atoms with Crippen molar-refractivity contribution in [3.8, 4) is 11.1 Å². The van der Waals surface area contributed by atoms with E-state index in [1.807, 2.05) is 37.3 Å². The number of carbonyl (C=O) groups is 2. The molecule has 2 aromatic carbocycles. The molecule has 0 amide bonds. The van der Waals surface area contributed by atoms with Crippen LogP contribution in [-0.2, 0) is 17.6 Å². The molecule has 21 heavy (non-hydrogen) atoms. The van der Waals surface area contributed by atoms with Gasteiger partial charge in [-0.2, -0.15) is 0 Å². The maximum absolute atomic E-state index is 12.1. The molecule has 3 heteroatoms. The summed E-state index contributed by atoms with van der Waals surface area (Å²) in [6.07, 6.45) is 1.43. The van der Waals surface area contributed by atoms with E-state index in [0.717, 1.165) is 34.2 Å². The molecule has 0 heterocycles. The van der Waals surface area contributed by atoms with Gasteiger partial charge in [0.15, 0.2) is 5.78 Å². The van der Waals surface area contributed by atoms with Gasteiger partial charge >= 0.3 is 5.97 Å². The minimum atomic E-state index is -0.839. The minimum absolute atomic E-state index is 0.0191. The number of fused-ring (bicyclic) bond motifs is 1. The lowest BCUT2D eigenvalue weighted by molar-refractivity contribution is -0.136. The smallest absolute Gasteiger partial charge is 0.307 e. The Labute approximate surface area is 123 Å². The monoisotopic (exact) mass is 280 g/mol. The van der Waals surface area contributed by atoms with Crippen LogP contribution in [0.15, 0.2) is 36.4 Å². The second-order valence-electron chi connectivity index (χ2n) is 5.47. The molecule has 3 nitrogen and oxygen atoms in total. The van der Waals surface area contributed by atoms with Crippen LogP contribution in [-0.4, -0.2) is 16.9 Å². The van der Waals surface area contributed by atoms with E-state index in [4.69, 9.17) is 5.11 Å². The lowest BCUT2D eigenvalue weighted by atomic mass is 9.93. The lowest BCUT2D eigenvalue weighted by Crippen LogP contribution is -2.00. The van der Waals surface area contributed by atoms with Crippen LogP contribution in [0, 0.1) is 6.92 Å². The summed E-state index contributed by atoms with van der Waals surface area (Å²) in [6, 6.07) is 11.5. The first-order valence-corrected chi connectivity index (χ1v) is 7.03. The van der Waals surface area contributed by atoms with Gasteiger partial charge in [-0.05, 0) is 41.2 Å². The number of hydrogen-bond donors (Lipinski definition) is 1. The van der Waals surface area contributed by atoms with Crippen LogP contribution in [0.5, 0.6) is 0 Å². The largest absolute Gasteiger partial charge is 0.481 e. The molecule has 0 bridgehead atoms. The highest BCUT2D eigenvalue weighted by Gasteiger charge is 2.24. The maximum Gasteiger partial charge on any atom is 0.307 e. The molecular weight excluding hydrogens is 264 g/mol. The number of aryl methyl sites for hydroxylation is 1. The van der Waals surface area contributed by atoms with Gasteiger partial charge in [0.1, 0.15) is 0 Å². The van der Waals surface area contributed by atoms with Crippen molar-refractivity contribution in [1.29, 1.82) is 0 Å². The van der Waals surface area contributed by atoms with Crippen molar-refractivity contribution in [2.75, 3.05) is 0 Å². The number of carboxylic acids is 1. The van der Waals surface area contributed by atoms with Crippen molar-refractivity contribution in [3.63, 3.8) is 0 Å². The zero-order chi connectivity index (χ0) is 15.0. The molecule has 0 fully saturated rings. The minimum Gasteiger partial charge on any atom is -0.481 e. The van der Waals surface area contributed by atoms with Crippen LogP contribution in [0.25, 0.3) is 11.1 Å². The highest BCUT2D eigenvalue weighted by Crippen LogP contribution is 2.34. The predicted octanol–water partition coefficient (Wildman–Crippen LogP) is 3.42. The van der Waals surface area contributed by atoms with Gasteiger partial charge in [-0.1, -0.05) is 36.4 Å². The number of hydrogen-bond acceptors (Lipinski definition) is 2. The molecule has 1 aliphatic rings. The van der Waals surface area contributed by atoms with E-state index in [2.05, 4.69) is 6.07 Å². The standard InChI is InChI=1S/C18H16O3/c1-11-2-7-15(18-14(11)8-9-16(18)19)13-5-3-12(4-6-13)10-17(20)21/h2-7H,8-10H2,1H3,(H,20,21). The third-order valence-corrected chi connectivity index (χ3v) is 4.05. The van der Waals surface area contributed by atoms with Gasteiger partial charge in [-0.25, -0.2) is 0 Å². The summed E-state index contributed by atoms with van der Waals surface area (Å²) < 4.78 is 0. The van der Waals surface area contributed by atoms with Gasteiger partial charge in [-0.3, -0.25) is 9.59 Å². The number of aliphatic carboxylic acids is 1. The lowest BCUT2D eigenvalue weighted by Gasteiger charge is -2.10. The molecule has 0 saturated carbocycles. The summed E-state index contributed by atoms with van der Waals surface area (Å²) in [5.41, 5.74) is 5.87. The second-order valence-corrected chi connectivity index (χ2v) is 5.47. The molecule has 0 aliphatic heterocycles. The number of carboxylic acid groups (broad SMARTS) is 1. The summed E-state index contributed by atoms with van der Waals surface area (Å²) in [5, 5.41) is 8.80. The van der Waals surface area contributed by atoms with Crippen LogP contribution < -0.4 is 0 Å². The van der Waals surface area contributed by atoms with Crippen molar-refractivity contribution in [2.45, 2.75) is 26.2 Å². The van der Waals surface area contributed by atoms with Crippen LogP contribution in [0.2, 0.25) is 0 Å². The first-order chi connectivity index (χ1) is 10.1. The van der Waals surface area contributed by atoms with Gasteiger partial charge in [0.2, 0.25) is 0 Å². The van der Waals surface area contributed by atoms with Crippen molar-refractivity contribution >= 4 is 11.8 Å². The van der Waals surface area contributed by atoms with Gasteiger partial charge in [0, 0.05) is 12.0 Å². The van der Waals surface area contributed by atoms with Gasteiger partial charge < -0.3 is 5.11 Å². The second kappa shape index (κ2) is 5.17.